The van der Waals surface area contributed by atoms with E-state index in [1.54, 1.807) is 23.6 Å². The summed E-state index contributed by atoms with van der Waals surface area (Å²) >= 11 is 20.4. The number of aromatic nitrogens is 3. The van der Waals surface area contributed by atoms with E-state index in [-0.39, 0.29) is 0 Å². The maximum Gasteiger partial charge on any atom is 0.190 e. The van der Waals surface area contributed by atoms with Crippen LogP contribution in [0.4, 0.5) is 5.69 Å². The quantitative estimate of drug-likeness (QED) is 0.313. The Kier molecular flexibility index (Phi) is 6.40. The van der Waals surface area contributed by atoms with Gasteiger partial charge in [0.2, 0.25) is 0 Å². The first-order valence-electron chi connectivity index (χ1n) is 9.00. The minimum Gasteiger partial charge on any atom is -0.337 e. The molecule has 4 aromatic rings. The molecule has 4 nitrogen and oxygen atoms in total. The Morgan fingerprint density at radius 1 is 1.00 bits per heavy atom. The van der Waals surface area contributed by atoms with E-state index in [1.165, 1.54) is 0 Å². The lowest BCUT2D eigenvalue weighted by molar-refractivity contribution is 0.559. The predicted molar refractivity (Wildman–Crippen MR) is 121 cm³/mol. The van der Waals surface area contributed by atoms with Gasteiger partial charge < -0.3 is 9.13 Å². The molecule has 2 heterocycles. The van der Waals surface area contributed by atoms with Crippen LogP contribution in [0.2, 0.25) is 15.1 Å². The van der Waals surface area contributed by atoms with Gasteiger partial charge >= 0.3 is 0 Å². The Morgan fingerprint density at radius 3 is 2.66 bits per heavy atom. The highest BCUT2D eigenvalue weighted by molar-refractivity contribution is 7.07. The van der Waals surface area contributed by atoms with Crippen molar-refractivity contribution in [3.05, 3.63) is 86.4 Å². The lowest BCUT2D eigenvalue weighted by Crippen LogP contribution is -2.17. The van der Waals surface area contributed by atoms with Crippen molar-refractivity contribution < 1.29 is 0 Å². The number of aryl methyl sites for hydroxylation is 1. The molecule has 148 valence electrons. The van der Waals surface area contributed by atoms with Crippen LogP contribution in [0, 0.1) is 0 Å². The minimum absolute atomic E-state index is 0.647. The summed E-state index contributed by atoms with van der Waals surface area (Å²) in [4.78, 5) is 9.80. The van der Waals surface area contributed by atoms with Gasteiger partial charge in [0.05, 0.1) is 22.7 Å². The van der Waals surface area contributed by atoms with Gasteiger partial charge in [0.25, 0.3) is 0 Å². The second-order valence-corrected chi connectivity index (χ2v) is 8.54. The first-order chi connectivity index (χ1) is 14.1. The number of rotatable bonds is 6. The minimum atomic E-state index is 0.647. The Hall–Kier alpha value is -2.05. The van der Waals surface area contributed by atoms with Gasteiger partial charge in [-0.3, -0.25) is 0 Å². The number of nitrogens with zero attached hydrogens (tertiary/aromatic N) is 4. The largest absolute Gasteiger partial charge is 0.337 e. The van der Waals surface area contributed by atoms with Crippen molar-refractivity contribution in [1.82, 2.24) is 14.1 Å². The van der Waals surface area contributed by atoms with Crippen LogP contribution in [-0.4, -0.2) is 14.1 Å². The molecule has 0 unspecified atom stereocenters. The summed E-state index contributed by atoms with van der Waals surface area (Å²) in [5.74, 6) is 0. The second kappa shape index (κ2) is 9.18. The first-order valence-corrected chi connectivity index (χ1v) is 11.0. The van der Waals surface area contributed by atoms with Gasteiger partial charge in [0, 0.05) is 46.5 Å². The van der Waals surface area contributed by atoms with Gasteiger partial charge in [-0.2, -0.15) is 0 Å². The average molecular weight is 464 g/mol. The highest BCUT2D eigenvalue weighted by Gasteiger charge is 2.12. The highest BCUT2D eigenvalue weighted by Crippen LogP contribution is 2.31. The molecule has 0 saturated carbocycles. The van der Waals surface area contributed by atoms with Gasteiger partial charge in [0.15, 0.2) is 4.80 Å². The highest BCUT2D eigenvalue weighted by atomic mass is 35.5. The summed E-state index contributed by atoms with van der Waals surface area (Å²) in [6.07, 6.45) is 6.49. The lowest BCUT2D eigenvalue weighted by atomic mass is 10.1. The molecule has 2 aromatic carbocycles. The number of imidazole rings is 1. The Labute approximate surface area is 187 Å². The third-order valence-electron chi connectivity index (χ3n) is 4.39. The van der Waals surface area contributed by atoms with Crippen molar-refractivity contribution in [1.29, 1.82) is 0 Å². The molecule has 0 aliphatic rings. The van der Waals surface area contributed by atoms with E-state index in [2.05, 4.69) is 19.5 Å². The number of hydrogen-bond acceptors (Lipinski definition) is 3. The molecule has 8 heteroatoms. The molecule has 0 N–H and O–H groups in total. The number of halogens is 3. The molecule has 0 aliphatic heterocycles. The van der Waals surface area contributed by atoms with Crippen LogP contribution in [0.1, 0.15) is 6.42 Å². The molecule has 29 heavy (non-hydrogen) atoms. The second-order valence-electron chi connectivity index (χ2n) is 6.43. The van der Waals surface area contributed by atoms with Crippen LogP contribution in [0.15, 0.2) is 71.6 Å². The van der Waals surface area contributed by atoms with Crippen molar-refractivity contribution in [2.45, 2.75) is 19.5 Å². The molecular weight excluding hydrogens is 447 g/mol. The molecule has 0 bridgehead atoms. The zero-order valence-corrected chi connectivity index (χ0v) is 18.4. The zero-order valence-electron chi connectivity index (χ0n) is 15.3. The normalized spacial score (nSPS) is 11.9. The van der Waals surface area contributed by atoms with E-state index in [0.717, 1.165) is 41.3 Å². The summed E-state index contributed by atoms with van der Waals surface area (Å²) in [6.45, 7) is 1.64. The number of thiazole rings is 1. The average Bonchev–Trinajstić information content (AvgIpc) is 3.35. The zero-order chi connectivity index (χ0) is 20.2. The van der Waals surface area contributed by atoms with Crippen LogP contribution in [0.5, 0.6) is 0 Å². The van der Waals surface area contributed by atoms with Crippen molar-refractivity contribution in [3.63, 3.8) is 0 Å². The van der Waals surface area contributed by atoms with Gasteiger partial charge in [-0.05, 0) is 42.8 Å². The fraction of sp³-hybridized carbons (Fsp3) is 0.143. The van der Waals surface area contributed by atoms with Crippen LogP contribution in [-0.2, 0) is 13.1 Å². The van der Waals surface area contributed by atoms with E-state index < -0.39 is 0 Å². The van der Waals surface area contributed by atoms with Crippen LogP contribution in [0.25, 0.3) is 11.3 Å². The summed E-state index contributed by atoms with van der Waals surface area (Å²) in [5.41, 5.74) is 2.70. The summed E-state index contributed by atoms with van der Waals surface area (Å²) in [5, 5.41) is 4.03. The number of hydrogen-bond donors (Lipinski definition) is 0. The lowest BCUT2D eigenvalue weighted by Gasteiger charge is -2.11. The topological polar surface area (TPSA) is 35.1 Å². The third kappa shape index (κ3) is 4.93. The van der Waals surface area contributed by atoms with E-state index in [9.17, 15) is 0 Å². The Morgan fingerprint density at radius 2 is 1.86 bits per heavy atom. The van der Waals surface area contributed by atoms with Crippen LogP contribution < -0.4 is 4.80 Å². The van der Waals surface area contributed by atoms with Gasteiger partial charge in [-0.1, -0.05) is 40.9 Å². The molecule has 0 fully saturated rings. The predicted octanol–water partition coefficient (Wildman–Crippen LogP) is 6.70. The van der Waals surface area contributed by atoms with Crippen molar-refractivity contribution in [3.8, 4) is 11.3 Å². The standard InChI is InChI=1S/C21H17Cl3N4S/c22-15-3-1-4-17(11-15)26-21-28(9-2-8-27-10-7-25-14-27)20(13-29-21)18-12-16(23)5-6-19(18)24/h1,3-7,10-14H,2,8-9H2. The molecular formula is C21H17Cl3N4S. The maximum atomic E-state index is 6.48. The van der Waals surface area contributed by atoms with E-state index in [1.807, 2.05) is 48.9 Å². The summed E-state index contributed by atoms with van der Waals surface area (Å²) in [6, 6.07) is 13.0. The molecule has 4 rings (SSSR count). The fourth-order valence-corrected chi connectivity index (χ4v) is 4.55. The molecule has 0 radical (unpaired) electrons. The van der Waals surface area contributed by atoms with Gasteiger partial charge in [-0.15, -0.1) is 11.3 Å². The Balaban J connectivity index is 1.74. The van der Waals surface area contributed by atoms with Crippen molar-refractivity contribution in [2.24, 2.45) is 4.99 Å². The molecule has 0 amide bonds. The van der Waals surface area contributed by atoms with Crippen molar-refractivity contribution >= 4 is 51.8 Å². The molecule has 0 spiro atoms. The molecule has 0 aliphatic carbocycles. The maximum absolute atomic E-state index is 6.48. The first kappa shape index (κ1) is 20.2. The van der Waals surface area contributed by atoms with Crippen LogP contribution in [0.3, 0.4) is 0 Å². The summed E-state index contributed by atoms with van der Waals surface area (Å²) in [7, 11) is 0. The monoisotopic (exact) mass is 462 g/mol. The summed E-state index contributed by atoms with van der Waals surface area (Å²) < 4.78 is 4.24. The molecule has 2 aromatic heterocycles. The molecule has 0 atom stereocenters. The Bertz CT molecular complexity index is 1180. The van der Waals surface area contributed by atoms with Gasteiger partial charge in [-0.25, -0.2) is 9.98 Å². The fourth-order valence-electron chi connectivity index (χ4n) is 3.03. The third-order valence-corrected chi connectivity index (χ3v) is 6.06. The molecule has 0 saturated heterocycles. The van der Waals surface area contributed by atoms with Gasteiger partial charge in [0.1, 0.15) is 0 Å². The smallest absolute Gasteiger partial charge is 0.190 e. The number of benzene rings is 2. The van der Waals surface area contributed by atoms with E-state index >= 15 is 0 Å². The van der Waals surface area contributed by atoms with E-state index in [4.69, 9.17) is 39.8 Å². The van der Waals surface area contributed by atoms with E-state index in [0.29, 0.717) is 15.1 Å². The van der Waals surface area contributed by atoms with Crippen LogP contribution >= 0.6 is 46.1 Å². The SMILES string of the molecule is Clc1cccc(N=c2scc(-c3cc(Cl)ccc3Cl)n2CCCn2ccnc2)c1. The van der Waals surface area contributed by atoms with Crippen molar-refractivity contribution in [2.75, 3.05) is 0 Å².